The van der Waals surface area contributed by atoms with Gasteiger partial charge in [-0.25, -0.2) is 4.79 Å². The van der Waals surface area contributed by atoms with Gasteiger partial charge in [-0.2, -0.15) is 0 Å². The van der Waals surface area contributed by atoms with Gasteiger partial charge in [-0.1, -0.05) is 12.1 Å². The third-order valence-electron chi connectivity index (χ3n) is 4.45. The molecule has 26 heavy (non-hydrogen) atoms. The number of ether oxygens (including phenoxy) is 1. The third kappa shape index (κ3) is 3.84. The molecule has 3 rings (SSSR count). The number of urea groups is 1. The number of anilines is 1. The Kier molecular flexibility index (Phi) is 5.20. The molecule has 0 bridgehead atoms. The van der Waals surface area contributed by atoms with E-state index in [4.69, 9.17) is 4.74 Å². The molecule has 0 aliphatic carbocycles. The van der Waals surface area contributed by atoms with Crippen LogP contribution < -0.4 is 10.2 Å². The van der Waals surface area contributed by atoms with Crippen LogP contribution >= 0.6 is 0 Å². The third-order valence-corrected chi connectivity index (χ3v) is 4.45. The number of hydrogen-bond acceptors (Lipinski definition) is 5. The molecule has 1 aromatic rings. The first-order chi connectivity index (χ1) is 12.5. The van der Waals surface area contributed by atoms with Gasteiger partial charge >= 0.3 is 12.0 Å². The smallest absolute Gasteiger partial charge is 0.324 e. The van der Waals surface area contributed by atoms with E-state index in [1.807, 2.05) is 0 Å². The number of amides is 4. The SMILES string of the molecule is CC(OC(=O)Cc1ccc(N2CCCC2=O)cc1)C(=O)N1CCNC1=O. The fraction of sp³-hybridized carbons (Fsp3) is 0.444. The molecule has 0 saturated carbocycles. The van der Waals surface area contributed by atoms with E-state index < -0.39 is 24.0 Å². The molecule has 8 heteroatoms. The summed E-state index contributed by atoms with van der Waals surface area (Å²) in [5, 5.41) is 2.53. The van der Waals surface area contributed by atoms with Gasteiger partial charge in [0, 0.05) is 31.7 Å². The average molecular weight is 359 g/mol. The van der Waals surface area contributed by atoms with Gasteiger partial charge < -0.3 is 15.0 Å². The van der Waals surface area contributed by atoms with E-state index in [0.717, 1.165) is 22.6 Å². The lowest BCUT2D eigenvalue weighted by atomic mass is 10.1. The normalized spacial score (nSPS) is 18.0. The van der Waals surface area contributed by atoms with Crippen LogP contribution in [0.15, 0.2) is 24.3 Å². The molecule has 1 N–H and O–H groups in total. The standard InChI is InChI=1S/C18H21N3O5/c1-12(17(24)21-10-8-19-18(21)25)26-16(23)11-13-4-6-14(7-5-13)20-9-2-3-15(20)22/h4-7,12H,2-3,8-11H2,1H3,(H,19,25). The number of carbonyl (C=O) groups is 4. The molecule has 4 amide bonds. The maximum absolute atomic E-state index is 12.1. The van der Waals surface area contributed by atoms with Crippen molar-refractivity contribution in [3.05, 3.63) is 29.8 Å². The Morgan fingerprint density at radius 1 is 1.19 bits per heavy atom. The monoisotopic (exact) mass is 359 g/mol. The van der Waals surface area contributed by atoms with Crippen LogP contribution in [-0.2, 0) is 25.5 Å². The lowest BCUT2D eigenvalue weighted by molar-refractivity contribution is -0.156. The first-order valence-electron chi connectivity index (χ1n) is 8.63. The highest BCUT2D eigenvalue weighted by Crippen LogP contribution is 2.21. The molecular weight excluding hydrogens is 338 g/mol. The Balaban J connectivity index is 1.53. The summed E-state index contributed by atoms with van der Waals surface area (Å²) < 4.78 is 5.15. The first-order valence-corrected chi connectivity index (χ1v) is 8.63. The molecule has 0 spiro atoms. The van der Waals surface area contributed by atoms with Crippen molar-refractivity contribution in [2.75, 3.05) is 24.5 Å². The molecule has 138 valence electrons. The molecular formula is C18H21N3O5. The highest BCUT2D eigenvalue weighted by molar-refractivity contribution is 5.98. The van der Waals surface area contributed by atoms with Gasteiger partial charge in [0.15, 0.2) is 6.10 Å². The number of nitrogens with zero attached hydrogens (tertiary/aromatic N) is 2. The van der Waals surface area contributed by atoms with E-state index in [-0.39, 0.29) is 18.9 Å². The summed E-state index contributed by atoms with van der Waals surface area (Å²) in [6.07, 6.45) is 0.411. The molecule has 2 aliphatic rings. The van der Waals surface area contributed by atoms with Crippen LogP contribution in [0.25, 0.3) is 0 Å². The van der Waals surface area contributed by atoms with Gasteiger partial charge in [0.25, 0.3) is 5.91 Å². The predicted octanol–water partition coefficient (Wildman–Crippen LogP) is 0.839. The maximum Gasteiger partial charge on any atom is 0.324 e. The highest BCUT2D eigenvalue weighted by atomic mass is 16.5. The Morgan fingerprint density at radius 3 is 2.50 bits per heavy atom. The van der Waals surface area contributed by atoms with Gasteiger partial charge in [-0.05, 0) is 31.0 Å². The topological polar surface area (TPSA) is 96.0 Å². The number of imide groups is 1. The van der Waals surface area contributed by atoms with E-state index in [1.165, 1.54) is 6.92 Å². The van der Waals surface area contributed by atoms with Crippen molar-refractivity contribution in [2.24, 2.45) is 0 Å². The molecule has 1 atom stereocenters. The van der Waals surface area contributed by atoms with Crippen LogP contribution in [0.3, 0.4) is 0 Å². The summed E-state index contributed by atoms with van der Waals surface area (Å²) in [4.78, 5) is 50.2. The quantitative estimate of drug-likeness (QED) is 0.786. The van der Waals surface area contributed by atoms with Crippen LogP contribution in [0.2, 0.25) is 0 Å². The van der Waals surface area contributed by atoms with Gasteiger partial charge in [-0.15, -0.1) is 0 Å². The van der Waals surface area contributed by atoms with Crippen molar-refractivity contribution in [3.63, 3.8) is 0 Å². The zero-order valence-electron chi connectivity index (χ0n) is 14.6. The molecule has 2 aliphatic heterocycles. The van der Waals surface area contributed by atoms with Crippen LogP contribution in [0.1, 0.15) is 25.3 Å². The average Bonchev–Trinajstić information content (AvgIpc) is 3.23. The summed E-state index contributed by atoms with van der Waals surface area (Å²) in [6.45, 7) is 2.84. The number of hydrogen-bond donors (Lipinski definition) is 1. The van der Waals surface area contributed by atoms with Crippen molar-refractivity contribution >= 4 is 29.5 Å². The van der Waals surface area contributed by atoms with E-state index in [0.29, 0.717) is 19.5 Å². The van der Waals surface area contributed by atoms with Gasteiger partial charge in [0.05, 0.1) is 6.42 Å². The minimum Gasteiger partial charge on any atom is -0.452 e. The largest absolute Gasteiger partial charge is 0.452 e. The Hall–Kier alpha value is -2.90. The Bertz CT molecular complexity index is 731. The van der Waals surface area contributed by atoms with Gasteiger partial charge in [0.2, 0.25) is 5.91 Å². The molecule has 0 aromatic heterocycles. The second kappa shape index (κ2) is 7.55. The fourth-order valence-corrected chi connectivity index (χ4v) is 3.07. The van der Waals surface area contributed by atoms with Crippen LogP contribution in [0.4, 0.5) is 10.5 Å². The lowest BCUT2D eigenvalue weighted by Crippen LogP contribution is -2.42. The molecule has 1 unspecified atom stereocenters. The highest BCUT2D eigenvalue weighted by Gasteiger charge is 2.31. The molecule has 2 fully saturated rings. The molecule has 2 heterocycles. The minimum atomic E-state index is -1.02. The van der Waals surface area contributed by atoms with E-state index in [9.17, 15) is 19.2 Å². The summed E-state index contributed by atoms with van der Waals surface area (Å²) in [7, 11) is 0. The van der Waals surface area contributed by atoms with Crippen molar-refractivity contribution in [1.29, 1.82) is 0 Å². The van der Waals surface area contributed by atoms with Crippen LogP contribution in [0.5, 0.6) is 0 Å². The molecule has 1 aromatic carbocycles. The lowest BCUT2D eigenvalue weighted by Gasteiger charge is -2.18. The fourth-order valence-electron chi connectivity index (χ4n) is 3.07. The van der Waals surface area contributed by atoms with E-state index in [1.54, 1.807) is 29.2 Å². The predicted molar refractivity (Wildman–Crippen MR) is 92.4 cm³/mol. The first kappa shape index (κ1) is 17.9. The van der Waals surface area contributed by atoms with Crippen LogP contribution in [0, 0.1) is 0 Å². The van der Waals surface area contributed by atoms with Crippen molar-refractivity contribution in [1.82, 2.24) is 10.2 Å². The number of nitrogens with one attached hydrogen (secondary N) is 1. The maximum atomic E-state index is 12.1. The second-order valence-electron chi connectivity index (χ2n) is 6.35. The van der Waals surface area contributed by atoms with Crippen molar-refractivity contribution in [3.8, 4) is 0 Å². The van der Waals surface area contributed by atoms with E-state index in [2.05, 4.69) is 5.32 Å². The summed E-state index contributed by atoms with van der Waals surface area (Å²) in [6, 6.07) is 6.67. The number of rotatable bonds is 5. The molecule has 8 nitrogen and oxygen atoms in total. The Morgan fingerprint density at radius 2 is 1.92 bits per heavy atom. The zero-order chi connectivity index (χ0) is 18.7. The summed E-state index contributed by atoms with van der Waals surface area (Å²) in [5.74, 6) is -0.970. The number of carbonyl (C=O) groups excluding carboxylic acids is 4. The number of benzene rings is 1. The second-order valence-corrected chi connectivity index (χ2v) is 6.35. The van der Waals surface area contributed by atoms with Crippen molar-refractivity contribution < 1.29 is 23.9 Å². The van der Waals surface area contributed by atoms with Crippen molar-refractivity contribution in [2.45, 2.75) is 32.3 Å². The molecule has 2 saturated heterocycles. The van der Waals surface area contributed by atoms with E-state index >= 15 is 0 Å². The number of esters is 1. The minimum absolute atomic E-state index is 0.0119. The summed E-state index contributed by atoms with van der Waals surface area (Å²) in [5.41, 5.74) is 1.54. The van der Waals surface area contributed by atoms with Gasteiger partial charge in [0.1, 0.15) is 0 Å². The summed E-state index contributed by atoms with van der Waals surface area (Å²) >= 11 is 0. The molecule has 0 radical (unpaired) electrons. The zero-order valence-corrected chi connectivity index (χ0v) is 14.6. The Labute approximate surface area is 151 Å². The van der Waals surface area contributed by atoms with Crippen LogP contribution in [-0.4, -0.2) is 54.5 Å². The van der Waals surface area contributed by atoms with Gasteiger partial charge in [-0.3, -0.25) is 19.3 Å².